The Morgan fingerprint density at radius 2 is 2.05 bits per heavy atom. The second-order valence-corrected chi connectivity index (χ2v) is 6.04. The summed E-state index contributed by atoms with van der Waals surface area (Å²) in [5, 5.41) is 10.5. The molecule has 1 saturated carbocycles. The zero-order valence-electron chi connectivity index (χ0n) is 12.2. The molecule has 0 spiro atoms. The van der Waals surface area contributed by atoms with E-state index in [2.05, 4.69) is 16.8 Å². The van der Waals surface area contributed by atoms with Gasteiger partial charge in [-0.1, -0.05) is 25.0 Å². The molecule has 20 heavy (non-hydrogen) atoms. The van der Waals surface area contributed by atoms with E-state index in [0.717, 1.165) is 42.7 Å². The van der Waals surface area contributed by atoms with Gasteiger partial charge in [0.1, 0.15) is 5.52 Å². The average molecular weight is 274 g/mol. The fourth-order valence-electron chi connectivity index (χ4n) is 3.05. The smallest absolute Gasteiger partial charge is 0.212 e. The Labute approximate surface area is 119 Å². The summed E-state index contributed by atoms with van der Waals surface area (Å²) in [5.41, 5.74) is 1.18. The first-order valence-electron chi connectivity index (χ1n) is 7.35. The summed E-state index contributed by atoms with van der Waals surface area (Å²) in [6, 6.07) is 7.87. The van der Waals surface area contributed by atoms with Gasteiger partial charge in [-0.3, -0.25) is 4.90 Å². The van der Waals surface area contributed by atoms with Gasteiger partial charge in [-0.2, -0.15) is 0 Å². The monoisotopic (exact) mass is 274 g/mol. The number of aromatic nitrogens is 1. The summed E-state index contributed by atoms with van der Waals surface area (Å²) < 4.78 is 5.81. The van der Waals surface area contributed by atoms with Crippen molar-refractivity contribution in [3.63, 3.8) is 0 Å². The van der Waals surface area contributed by atoms with Gasteiger partial charge < -0.3 is 9.52 Å². The first-order chi connectivity index (χ1) is 9.57. The molecule has 1 atom stereocenters. The van der Waals surface area contributed by atoms with Crippen LogP contribution in [0.3, 0.4) is 0 Å². The van der Waals surface area contributed by atoms with Crippen molar-refractivity contribution < 1.29 is 9.52 Å². The fraction of sp³-hybridized carbons (Fsp3) is 0.562. The minimum absolute atomic E-state index is 0.0621. The molecule has 1 unspecified atom stereocenters. The highest BCUT2D eigenvalue weighted by atomic mass is 16.3. The number of likely N-dealkylation sites (N-methyl/N-ethyl adjacent to an activating group) is 1. The van der Waals surface area contributed by atoms with Crippen LogP contribution in [0.1, 0.15) is 44.5 Å². The molecule has 1 aliphatic carbocycles. The van der Waals surface area contributed by atoms with Gasteiger partial charge in [0, 0.05) is 6.54 Å². The van der Waals surface area contributed by atoms with Gasteiger partial charge >= 0.3 is 0 Å². The first-order valence-corrected chi connectivity index (χ1v) is 7.35. The van der Waals surface area contributed by atoms with Gasteiger partial charge in [0.2, 0.25) is 5.89 Å². The van der Waals surface area contributed by atoms with Crippen LogP contribution in [0.15, 0.2) is 28.7 Å². The maximum atomic E-state index is 10.5. The highest BCUT2D eigenvalue weighted by Gasteiger charge is 2.34. The number of nitrogens with zero attached hydrogens (tertiary/aromatic N) is 2. The molecule has 1 aromatic heterocycles. The van der Waals surface area contributed by atoms with Crippen molar-refractivity contribution in [3.8, 4) is 0 Å². The third-order valence-corrected chi connectivity index (χ3v) is 4.41. The molecular weight excluding hydrogens is 252 g/mol. The number of aliphatic hydroxyl groups is 1. The van der Waals surface area contributed by atoms with Crippen molar-refractivity contribution >= 4 is 11.1 Å². The molecule has 1 aliphatic rings. The van der Waals surface area contributed by atoms with Gasteiger partial charge in [0.15, 0.2) is 5.58 Å². The van der Waals surface area contributed by atoms with E-state index in [-0.39, 0.29) is 6.04 Å². The molecule has 1 fully saturated rings. The molecule has 108 valence electrons. The van der Waals surface area contributed by atoms with Crippen LogP contribution in [-0.4, -0.2) is 34.2 Å². The van der Waals surface area contributed by atoms with Gasteiger partial charge in [-0.15, -0.1) is 0 Å². The second kappa shape index (κ2) is 5.19. The molecule has 1 heterocycles. The lowest BCUT2D eigenvalue weighted by atomic mass is 10.0. The maximum absolute atomic E-state index is 10.5. The number of hydrogen-bond donors (Lipinski definition) is 1. The van der Waals surface area contributed by atoms with E-state index in [1.54, 1.807) is 0 Å². The minimum Gasteiger partial charge on any atom is -0.439 e. The lowest BCUT2D eigenvalue weighted by molar-refractivity contribution is 0.00435. The molecule has 1 N–H and O–H groups in total. The molecule has 0 aliphatic heterocycles. The lowest BCUT2D eigenvalue weighted by Crippen LogP contribution is -2.40. The standard InChI is InChI=1S/C16H22N2O2/c1-12(18(2)11-16(19)9-5-6-10-16)15-17-13-7-3-4-8-14(13)20-15/h3-4,7-8,12,19H,5-6,9-11H2,1-2H3. The van der Waals surface area contributed by atoms with Gasteiger partial charge in [0.25, 0.3) is 0 Å². The van der Waals surface area contributed by atoms with Gasteiger partial charge in [-0.05, 0) is 38.9 Å². The van der Waals surface area contributed by atoms with E-state index in [4.69, 9.17) is 4.42 Å². The Bertz CT molecular complexity index is 554. The van der Waals surface area contributed by atoms with E-state index in [9.17, 15) is 5.11 Å². The van der Waals surface area contributed by atoms with E-state index >= 15 is 0 Å². The van der Waals surface area contributed by atoms with Crippen LogP contribution in [0.4, 0.5) is 0 Å². The Hall–Kier alpha value is -1.39. The Balaban J connectivity index is 1.75. The van der Waals surface area contributed by atoms with E-state index in [1.807, 2.05) is 31.3 Å². The Morgan fingerprint density at radius 1 is 1.35 bits per heavy atom. The summed E-state index contributed by atoms with van der Waals surface area (Å²) in [4.78, 5) is 6.68. The first kappa shape index (κ1) is 13.6. The summed E-state index contributed by atoms with van der Waals surface area (Å²) in [7, 11) is 2.02. The summed E-state index contributed by atoms with van der Waals surface area (Å²) in [6.45, 7) is 2.75. The SMILES string of the molecule is CC(c1nc2ccccc2o1)N(C)CC1(O)CCCC1. The van der Waals surface area contributed by atoms with Gasteiger partial charge in [0.05, 0.1) is 11.6 Å². The zero-order chi connectivity index (χ0) is 14.2. The lowest BCUT2D eigenvalue weighted by Gasteiger charge is -2.31. The van der Waals surface area contributed by atoms with E-state index in [0.29, 0.717) is 6.54 Å². The Morgan fingerprint density at radius 3 is 2.75 bits per heavy atom. The summed E-state index contributed by atoms with van der Waals surface area (Å²) in [6.07, 6.45) is 4.05. The van der Waals surface area contributed by atoms with Crippen LogP contribution in [0, 0.1) is 0 Å². The molecule has 3 rings (SSSR count). The van der Waals surface area contributed by atoms with Crippen LogP contribution < -0.4 is 0 Å². The highest BCUT2D eigenvalue weighted by molar-refractivity contribution is 5.72. The van der Waals surface area contributed by atoms with Crippen LogP contribution in [0.5, 0.6) is 0 Å². The van der Waals surface area contributed by atoms with Crippen molar-refractivity contribution in [2.75, 3.05) is 13.6 Å². The number of oxazole rings is 1. The largest absolute Gasteiger partial charge is 0.439 e. The topological polar surface area (TPSA) is 49.5 Å². The second-order valence-electron chi connectivity index (χ2n) is 6.04. The predicted molar refractivity (Wildman–Crippen MR) is 78.5 cm³/mol. The van der Waals surface area contributed by atoms with Crippen molar-refractivity contribution in [2.45, 2.75) is 44.2 Å². The molecule has 0 saturated heterocycles. The normalized spacial score (nSPS) is 19.8. The molecule has 0 bridgehead atoms. The van der Waals surface area contributed by atoms with Gasteiger partial charge in [-0.25, -0.2) is 4.98 Å². The van der Waals surface area contributed by atoms with Crippen molar-refractivity contribution in [1.82, 2.24) is 9.88 Å². The molecule has 2 aromatic rings. The summed E-state index contributed by atoms with van der Waals surface area (Å²) in [5.74, 6) is 0.718. The summed E-state index contributed by atoms with van der Waals surface area (Å²) >= 11 is 0. The molecule has 0 radical (unpaired) electrons. The van der Waals surface area contributed by atoms with Crippen molar-refractivity contribution in [2.24, 2.45) is 0 Å². The molecule has 4 nitrogen and oxygen atoms in total. The Kier molecular flexibility index (Phi) is 3.52. The fourth-order valence-corrected chi connectivity index (χ4v) is 3.05. The van der Waals surface area contributed by atoms with Crippen LogP contribution in [0.2, 0.25) is 0 Å². The van der Waals surface area contributed by atoms with Crippen LogP contribution in [-0.2, 0) is 0 Å². The maximum Gasteiger partial charge on any atom is 0.212 e. The molecule has 1 aromatic carbocycles. The predicted octanol–water partition coefficient (Wildman–Crippen LogP) is 3.13. The number of hydrogen-bond acceptors (Lipinski definition) is 4. The van der Waals surface area contributed by atoms with E-state index < -0.39 is 5.60 Å². The number of benzene rings is 1. The quantitative estimate of drug-likeness (QED) is 0.930. The van der Waals surface area contributed by atoms with Crippen LogP contribution >= 0.6 is 0 Å². The third-order valence-electron chi connectivity index (χ3n) is 4.41. The average Bonchev–Trinajstić information content (AvgIpc) is 3.03. The molecule has 0 amide bonds. The minimum atomic E-state index is -0.533. The molecule has 4 heteroatoms. The zero-order valence-corrected chi connectivity index (χ0v) is 12.2. The highest BCUT2D eigenvalue weighted by Crippen LogP contribution is 2.32. The number of para-hydroxylation sites is 2. The van der Waals surface area contributed by atoms with E-state index in [1.165, 1.54) is 0 Å². The number of fused-ring (bicyclic) bond motifs is 1. The number of rotatable bonds is 4. The molecular formula is C16H22N2O2. The van der Waals surface area contributed by atoms with Crippen molar-refractivity contribution in [3.05, 3.63) is 30.2 Å². The van der Waals surface area contributed by atoms with Crippen molar-refractivity contribution in [1.29, 1.82) is 0 Å². The third kappa shape index (κ3) is 2.58. The van der Waals surface area contributed by atoms with Crippen LogP contribution in [0.25, 0.3) is 11.1 Å².